The van der Waals surface area contributed by atoms with E-state index in [1.807, 2.05) is 6.92 Å². The maximum atomic E-state index is 12.1. The van der Waals surface area contributed by atoms with Gasteiger partial charge < -0.3 is 9.42 Å². The first-order valence-corrected chi connectivity index (χ1v) is 6.49. The molecule has 8 heteroatoms. The lowest BCUT2D eigenvalue weighted by atomic mass is 10.2. The summed E-state index contributed by atoms with van der Waals surface area (Å²) < 4.78 is 5.10. The van der Waals surface area contributed by atoms with Crippen molar-refractivity contribution in [2.24, 2.45) is 0 Å². The van der Waals surface area contributed by atoms with Crippen molar-refractivity contribution >= 4 is 5.91 Å². The Morgan fingerprint density at radius 2 is 2.10 bits per heavy atom. The maximum absolute atomic E-state index is 12.1. The molecule has 8 nitrogen and oxygen atoms in total. The first-order chi connectivity index (χ1) is 9.99. The van der Waals surface area contributed by atoms with Gasteiger partial charge in [-0.2, -0.15) is 0 Å². The van der Waals surface area contributed by atoms with E-state index in [0.29, 0.717) is 5.76 Å². The number of carbonyl (C=O) groups excluding carboxylic acids is 1. The van der Waals surface area contributed by atoms with E-state index < -0.39 is 11.1 Å². The summed E-state index contributed by atoms with van der Waals surface area (Å²) >= 11 is 0. The van der Waals surface area contributed by atoms with Crippen LogP contribution in [-0.4, -0.2) is 33.2 Å². The monoisotopic (exact) mass is 292 g/mol. The number of aromatic nitrogens is 3. The highest BCUT2D eigenvalue weighted by atomic mass is 16.5. The normalized spacial score (nSPS) is 10.6. The van der Waals surface area contributed by atoms with Crippen molar-refractivity contribution in [3.05, 3.63) is 49.9 Å². The molecule has 0 radical (unpaired) electrons. The summed E-state index contributed by atoms with van der Waals surface area (Å²) in [5.41, 5.74) is 0.00598. The fourth-order valence-electron chi connectivity index (χ4n) is 1.81. The van der Waals surface area contributed by atoms with Crippen LogP contribution in [0.1, 0.15) is 23.9 Å². The summed E-state index contributed by atoms with van der Waals surface area (Å²) in [4.78, 5) is 36.1. The average molecular weight is 292 g/mol. The van der Waals surface area contributed by atoms with Gasteiger partial charge in [0.2, 0.25) is 5.91 Å². The van der Waals surface area contributed by atoms with Gasteiger partial charge in [0.25, 0.3) is 11.1 Å². The largest absolute Gasteiger partial charge is 0.359 e. The number of amides is 1. The Morgan fingerprint density at radius 1 is 1.33 bits per heavy atom. The SMILES string of the molecule is CCc1cc(CN(C)C(=O)Cc2cc(=O)[nH][nH]c2=O)on1. The van der Waals surface area contributed by atoms with Gasteiger partial charge in [-0.25, -0.2) is 0 Å². The molecule has 2 heterocycles. The molecule has 0 aliphatic rings. The Kier molecular flexibility index (Phi) is 4.36. The Balaban J connectivity index is 2.04. The topological polar surface area (TPSA) is 112 Å². The number of nitrogens with zero attached hydrogens (tertiary/aromatic N) is 2. The first-order valence-electron chi connectivity index (χ1n) is 6.49. The van der Waals surface area contributed by atoms with E-state index in [4.69, 9.17) is 4.52 Å². The number of carbonyl (C=O) groups is 1. The van der Waals surface area contributed by atoms with Crippen LogP contribution in [0, 0.1) is 0 Å². The van der Waals surface area contributed by atoms with Crippen LogP contribution in [0.3, 0.4) is 0 Å². The van der Waals surface area contributed by atoms with Gasteiger partial charge in [0, 0.05) is 24.7 Å². The molecule has 2 N–H and O–H groups in total. The molecule has 0 saturated carbocycles. The van der Waals surface area contributed by atoms with Crippen molar-refractivity contribution < 1.29 is 9.32 Å². The molecule has 0 aliphatic heterocycles. The van der Waals surface area contributed by atoms with Gasteiger partial charge in [0.15, 0.2) is 5.76 Å². The number of aromatic amines is 2. The molecule has 0 unspecified atom stereocenters. The molecule has 21 heavy (non-hydrogen) atoms. The molecule has 0 saturated heterocycles. The maximum Gasteiger partial charge on any atom is 0.266 e. The van der Waals surface area contributed by atoms with E-state index in [1.54, 1.807) is 13.1 Å². The van der Waals surface area contributed by atoms with Crippen LogP contribution in [0.4, 0.5) is 0 Å². The average Bonchev–Trinajstić information content (AvgIpc) is 2.90. The van der Waals surface area contributed by atoms with E-state index >= 15 is 0 Å². The molecule has 2 aromatic rings. The Morgan fingerprint density at radius 3 is 2.76 bits per heavy atom. The third-order valence-electron chi connectivity index (χ3n) is 3.03. The van der Waals surface area contributed by atoms with Gasteiger partial charge in [-0.1, -0.05) is 12.1 Å². The van der Waals surface area contributed by atoms with Crippen LogP contribution in [-0.2, 0) is 24.2 Å². The van der Waals surface area contributed by atoms with Crippen molar-refractivity contribution in [3.8, 4) is 0 Å². The van der Waals surface area contributed by atoms with Crippen molar-refractivity contribution in [2.45, 2.75) is 26.3 Å². The van der Waals surface area contributed by atoms with E-state index in [0.717, 1.165) is 18.2 Å². The minimum absolute atomic E-state index is 0.127. The summed E-state index contributed by atoms with van der Waals surface area (Å²) in [6, 6.07) is 2.90. The third kappa shape index (κ3) is 3.68. The molecular formula is C13H16N4O4. The first kappa shape index (κ1) is 14.8. The fraction of sp³-hybridized carbons (Fsp3) is 0.385. The van der Waals surface area contributed by atoms with E-state index in [2.05, 4.69) is 15.4 Å². The highest BCUT2D eigenvalue weighted by Crippen LogP contribution is 2.07. The number of aryl methyl sites for hydroxylation is 1. The molecule has 112 valence electrons. The summed E-state index contributed by atoms with van der Waals surface area (Å²) in [6.45, 7) is 2.21. The van der Waals surface area contributed by atoms with Crippen molar-refractivity contribution in [2.75, 3.05) is 7.05 Å². The van der Waals surface area contributed by atoms with Crippen LogP contribution < -0.4 is 11.1 Å². The number of rotatable bonds is 5. The van der Waals surface area contributed by atoms with Gasteiger partial charge in [0.05, 0.1) is 18.7 Å². The quantitative estimate of drug-likeness (QED) is 0.793. The highest BCUT2D eigenvalue weighted by Gasteiger charge is 2.15. The van der Waals surface area contributed by atoms with Crippen LogP contribution in [0.15, 0.2) is 26.2 Å². The molecule has 0 atom stereocenters. The van der Waals surface area contributed by atoms with Gasteiger partial charge in [-0.3, -0.25) is 24.6 Å². The predicted octanol–water partition coefficient (Wildman–Crippen LogP) is -0.185. The molecule has 0 bridgehead atoms. The van der Waals surface area contributed by atoms with Gasteiger partial charge in [-0.15, -0.1) is 0 Å². The summed E-state index contributed by atoms with van der Waals surface area (Å²) in [5, 5.41) is 8.17. The van der Waals surface area contributed by atoms with Crippen molar-refractivity contribution in [3.63, 3.8) is 0 Å². The zero-order valence-corrected chi connectivity index (χ0v) is 11.8. The number of hydrogen-bond acceptors (Lipinski definition) is 5. The predicted molar refractivity (Wildman–Crippen MR) is 73.7 cm³/mol. The van der Waals surface area contributed by atoms with Gasteiger partial charge in [-0.05, 0) is 6.42 Å². The van der Waals surface area contributed by atoms with Crippen LogP contribution in [0.2, 0.25) is 0 Å². The lowest BCUT2D eigenvalue weighted by molar-refractivity contribution is -0.130. The molecule has 0 fully saturated rings. The third-order valence-corrected chi connectivity index (χ3v) is 3.03. The fourth-order valence-corrected chi connectivity index (χ4v) is 1.81. The zero-order valence-electron chi connectivity index (χ0n) is 11.8. The Hall–Kier alpha value is -2.64. The Labute approximate surface area is 119 Å². The smallest absolute Gasteiger partial charge is 0.266 e. The second-order valence-corrected chi connectivity index (χ2v) is 4.68. The number of hydrogen-bond donors (Lipinski definition) is 2. The minimum atomic E-state index is -0.482. The Bertz CT molecular complexity index is 743. The molecule has 2 rings (SSSR count). The number of nitrogens with one attached hydrogen (secondary N) is 2. The molecular weight excluding hydrogens is 276 g/mol. The second kappa shape index (κ2) is 6.21. The summed E-state index contributed by atoms with van der Waals surface area (Å²) in [5.74, 6) is 0.281. The highest BCUT2D eigenvalue weighted by molar-refractivity contribution is 5.78. The van der Waals surface area contributed by atoms with Crippen LogP contribution >= 0.6 is 0 Å². The van der Waals surface area contributed by atoms with Gasteiger partial charge >= 0.3 is 0 Å². The lowest BCUT2D eigenvalue weighted by Crippen LogP contribution is -2.31. The van der Waals surface area contributed by atoms with Crippen LogP contribution in [0.5, 0.6) is 0 Å². The molecule has 1 amide bonds. The van der Waals surface area contributed by atoms with Gasteiger partial charge in [0.1, 0.15) is 0 Å². The molecule has 0 aliphatic carbocycles. The standard InChI is InChI=1S/C13H16N4O4/c1-3-9-6-10(21-16-9)7-17(2)12(19)5-8-4-11(18)14-15-13(8)20/h4,6H,3,5,7H2,1-2H3,(H,14,18)(H,15,20). The van der Waals surface area contributed by atoms with Crippen molar-refractivity contribution in [1.82, 2.24) is 20.3 Å². The van der Waals surface area contributed by atoms with E-state index in [-0.39, 0.29) is 24.4 Å². The van der Waals surface area contributed by atoms with Crippen LogP contribution in [0.25, 0.3) is 0 Å². The number of H-pyrrole nitrogens is 2. The van der Waals surface area contributed by atoms with E-state index in [1.165, 1.54) is 4.90 Å². The molecule has 0 aromatic carbocycles. The minimum Gasteiger partial charge on any atom is -0.359 e. The molecule has 2 aromatic heterocycles. The molecule has 0 spiro atoms. The lowest BCUT2D eigenvalue weighted by Gasteiger charge is -2.14. The summed E-state index contributed by atoms with van der Waals surface area (Å²) in [7, 11) is 1.60. The summed E-state index contributed by atoms with van der Waals surface area (Å²) in [6.07, 6.45) is 0.605. The zero-order chi connectivity index (χ0) is 15.4. The second-order valence-electron chi connectivity index (χ2n) is 4.68. The van der Waals surface area contributed by atoms with E-state index in [9.17, 15) is 14.4 Å². The van der Waals surface area contributed by atoms with Crippen molar-refractivity contribution in [1.29, 1.82) is 0 Å². The number of likely N-dealkylation sites (N-methyl/N-ethyl adjacent to an activating group) is 1.